The molecule has 1 heterocycles. The van der Waals surface area contributed by atoms with Crippen molar-refractivity contribution in [3.8, 4) is 0 Å². The van der Waals surface area contributed by atoms with E-state index in [4.69, 9.17) is 0 Å². The first kappa shape index (κ1) is 15.0. The van der Waals surface area contributed by atoms with E-state index in [2.05, 4.69) is 0 Å². The Bertz CT molecular complexity index is 583. The maximum atomic E-state index is 12.5. The van der Waals surface area contributed by atoms with Gasteiger partial charge < -0.3 is 14.9 Å². The molecule has 0 spiro atoms. The minimum atomic E-state index is -0.433. The Morgan fingerprint density at radius 2 is 2.23 bits per heavy atom. The van der Waals surface area contributed by atoms with Crippen LogP contribution in [-0.4, -0.2) is 48.1 Å². The van der Waals surface area contributed by atoms with Crippen LogP contribution < -0.4 is 4.90 Å². The van der Waals surface area contributed by atoms with E-state index in [-0.39, 0.29) is 11.8 Å². The van der Waals surface area contributed by atoms with E-state index in [9.17, 15) is 14.7 Å². The number of aliphatic hydroxyl groups is 1. The quantitative estimate of drug-likeness (QED) is 0.900. The molecule has 118 valence electrons. The summed E-state index contributed by atoms with van der Waals surface area (Å²) in [6, 6.07) is 7.19. The maximum absolute atomic E-state index is 12.5. The Morgan fingerprint density at radius 3 is 2.86 bits per heavy atom. The molecule has 3 rings (SSSR count). The highest BCUT2D eigenvalue weighted by Crippen LogP contribution is 2.33. The highest BCUT2D eigenvalue weighted by Gasteiger charge is 2.31. The summed E-state index contributed by atoms with van der Waals surface area (Å²) in [4.78, 5) is 27.6. The van der Waals surface area contributed by atoms with Gasteiger partial charge >= 0.3 is 0 Å². The third-order valence-electron chi connectivity index (χ3n) is 4.45. The zero-order chi connectivity index (χ0) is 15.7. The number of likely N-dealkylation sites (N-methyl/N-ethyl adjacent to an activating group) is 1. The van der Waals surface area contributed by atoms with E-state index in [0.717, 1.165) is 24.9 Å². The van der Waals surface area contributed by atoms with Crippen LogP contribution in [0.3, 0.4) is 0 Å². The van der Waals surface area contributed by atoms with E-state index in [1.807, 2.05) is 6.07 Å². The summed E-state index contributed by atoms with van der Waals surface area (Å²) in [6.07, 6.45) is 3.11. The smallest absolute Gasteiger partial charge is 0.253 e. The van der Waals surface area contributed by atoms with Crippen LogP contribution >= 0.6 is 0 Å². The van der Waals surface area contributed by atoms with Crippen molar-refractivity contribution in [3.05, 3.63) is 29.8 Å². The number of aliphatic hydroxyl groups excluding tert-OH is 1. The topological polar surface area (TPSA) is 60.9 Å². The lowest BCUT2D eigenvalue weighted by molar-refractivity contribution is -0.117. The minimum absolute atomic E-state index is 0.113. The van der Waals surface area contributed by atoms with Crippen LogP contribution in [0.4, 0.5) is 5.69 Å². The summed E-state index contributed by atoms with van der Waals surface area (Å²) >= 11 is 0. The molecular formula is C17H22N2O3. The average molecular weight is 302 g/mol. The van der Waals surface area contributed by atoms with Gasteiger partial charge in [-0.15, -0.1) is 0 Å². The Hall–Kier alpha value is -1.88. The van der Waals surface area contributed by atoms with E-state index < -0.39 is 6.10 Å². The molecule has 2 fully saturated rings. The van der Waals surface area contributed by atoms with Gasteiger partial charge in [0.15, 0.2) is 0 Å². The van der Waals surface area contributed by atoms with E-state index in [1.165, 1.54) is 0 Å². The van der Waals surface area contributed by atoms with Gasteiger partial charge in [-0.1, -0.05) is 6.07 Å². The molecule has 1 saturated carbocycles. The fourth-order valence-electron chi connectivity index (χ4n) is 2.94. The predicted molar refractivity (Wildman–Crippen MR) is 83.7 cm³/mol. The molecule has 1 aromatic carbocycles. The maximum Gasteiger partial charge on any atom is 0.253 e. The summed E-state index contributed by atoms with van der Waals surface area (Å²) in [7, 11) is 1.71. The van der Waals surface area contributed by atoms with Gasteiger partial charge in [0.2, 0.25) is 5.91 Å². The molecule has 0 aromatic heterocycles. The van der Waals surface area contributed by atoms with Crippen molar-refractivity contribution in [2.24, 2.45) is 5.92 Å². The number of hydrogen-bond acceptors (Lipinski definition) is 3. The molecule has 1 N–H and O–H groups in total. The lowest BCUT2D eigenvalue weighted by Gasteiger charge is -2.22. The first-order valence-corrected chi connectivity index (χ1v) is 7.90. The van der Waals surface area contributed by atoms with Gasteiger partial charge in [0.25, 0.3) is 5.91 Å². The first-order chi connectivity index (χ1) is 10.6. The zero-order valence-corrected chi connectivity index (χ0v) is 12.9. The number of carbonyl (C=O) groups is 2. The number of hydrogen-bond donors (Lipinski definition) is 1. The van der Waals surface area contributed by atoms with Gasteiger partial charge in [-0.25, -0.2) is 0 Å². The van der Waals surface area contributed by atoms with Crippen LogP contribution in [0.25, 0.3) is 0 Å². The summed E-state index contributed by atoms with van der Waals surface area (Å²) in [6.45, 7) is 1.07. The van der Waals surface area contributed by atoms with Crippen LogP contribution in [0.2, 0.25) is 0 Å². The van der Waals surface area contributed by atoms with Crippen LogP contribution in [0.5, 0.6) is 0 Å². The van der Waals surface area contributed by atoms with Crippen molar-refractivity contribution < 1.29 is 14.7 Å². The minimum Gasteiger partial charge on any atom is -0.391 e. The number of nitrogens with zero attached hydrogens (tertiary/aromatic N) is 2. The predicted octanol–water partition coefficient (Wildman–Crippen LogP) is 1.66. The lowest BCUT2D eigenvalue weighted by Crippen LogP contribution is -2.35. The third-order valence-corrected chi connectivity index (χ3v) is 4.45. The molecule has 0 bridgehead atoms. The van der Waals surface area contributed by atoms with Crippen molar-refractivity contribution in [2.75, 3.05) is 25.0 Å². The molecular weight excluding hydrogens is 280 g/mol. The molecule has 1 aromatic rings. The molecule has 2 aliphatic rings. The van der Waals surface area contributed by atoms with Gasteiger partial charge in [0.05, 0.1) is 6.10 Å². The Morgan fingerprint density at radius 1 is 1.45 bits per heavy atom. The summed E-state index contributed by atoms with van der Waals surface area (Å²) in [5.74, 6) is 0.346. The summed E-state index contributed by atoms with van der Waals surface area (Å²) in [5, 5.41) is 9.97. The van der Waals surface area contributed by atoms with Gasteiger partial charge in [-0.2, -0.15) is 0 Å². The summed E-state index contributed by atoms with van der Waals surface area (Å²) in [5.41, 5.74) is 1.34. The molecule has 1 saturated heterocycles. The number of rotatable bonds is 5. The van der Waals surface area contributed by atoms with Crippen molar-refractivity contribution in [1.29, 1.82) is 0 Å². The van der Waals surface area contributed by atoms with Crippen LogP contribution in [0.15, 0.2) is 24.3 Å². The molecule has 1 atom stereocenters. The number of anilines is 1. The fraction of sp³-hybridized carbons (Fsp3) is 0.529. The number of amides is 2. The zero-order valence-electron chi connectivity index (χ0n) is 12.9. The van der Waals surface area contributed by atoms with Gasteiger partial charge in [-0.3, -0.25) is 9.59 Å². The largest absolute Gasteiger partial charge is 0.391 e. The van der Waals surface area contributed by atoms with Crippen molar-refractivity contribution in [3.63, 3.8) is 0 Å². The molecule has 22 heavy (non-hydrogen) atoms. The molecule has 5 heteroatoms. The molecule has 2 amide bonds. The van der Waals surface area contributed by atoms with E-state index >= 15 is 0 Å². The van der Waals surface area contributed by atoms with Gasteiger partial charge in [0, 0.05) is 37.8 Å². The molecule has 1 aliphatic heterocycles. The Balaban J connectivity index is 1.70. The average Bonchev–Trinajstić information content (AvgIpc) is 3.28. The second kappa shape index (κ2) is 6.08. The number of benzene rings is 1. The normalized spacial score (nSPS) is 19.4. The second-order valence-electron chi connectivity index (χ2n) is 6.29. The second-order valence-corrected chi connectivity index (χ2v) is 6.29. The van der Waals surface area contributed by atoms with E-state index in [0.29, 0.717) is 31.0 Å². The van der Waals surface area contributed by atoms with Crippen LogP contribution in [0.1, 0.15) is 36.0 Å². The first-order valence-electron chi connectivity index (χ1n) is 7.90. The number of carbonyl (C=O) groups excluding carboxylic acids is 2. The fourth-order valence-corrected chi connectivity index (χ4v) is 2.94. The molecule has 1 aliphatic carbocycles. The van der Waals surface area contributed by atoms with Crippen LogP contribution in [0, 0.1) is 5.92 Å². The van der Waals surface area contributed by atoms with Crippen molar-refractivity contribution in [2.45, 2.75) is 31.8 Å². The lowest BCUT2D eigenvalue weighted by atomic mass is 10.1. The Kier molecular flexibility index (Phi) is 4.16. The van der Waals surface area contributed by atoms with E-state index in [1.54, 1.807) is 35.0 Å². The SMILES string of the molecule is CN(CC(O)C1CC1)C(=O)c1cccc(N2CCCC2=O)c1. The molecule has 0 radical (unpaired) electrons. The standard InChI is InChI=1S/C17H22N2O3/c1-18(11-15(20)12-7-8-12)17(22)13-4-2-5-14(10-13)19-9-3-6-16(19)21/h2,4-5,10,12,15,20H,3,6-9,11H2,1H3. The highest BCUT2D eigenvalue weighted by atomic mass is 16.3. The van der Waals surface area contributed by atoms with Crippen LogP contribution in [-0.2, 0) is 4.79 Å². The monoisotopic (exact) mass is 302 g/mol. The summed E-state index contributed by atoms with van der Waals surface area (Å²) < 4.78 is 0. The molecule has 5 nitrogen and oxygen atoms in total. The Labute approximate surface area is 130 Å². The van der Waals surface area contributed by atoms with Gasteiger partial charge in [0.1, 0.15) is 0 Å². The van der Waals surface area contributed by atoms with Crippen molar-refractivity contribution >= 4 is 17.5 Å². The third kappa shape index (κ3) is 3.14. The van der Waals surface area contributed by atoms with Gasteiger partial charge in [-0.05, 0) is 43.4 Å². The van der Waals surface area contributed by atoms with Crippen molar-refractivity contribution in [1.82, 2.24) is 4.90 Å². The highest BCUT2D eigenvalue weighted by molar-refractivity contribution is 5.99. The molecule has 1 unspecified atom stereocenters.